The number of phenols is 1. The van der Waals surface area contributed by atoms with Crippen molar-refractivity contribution in [2.24, 2.45) is 0 Å². The van der Waals surface area contributed by atoms with E-state index in [2.05, 4.69) is 9.97 Å². The molecule has 2 aromatic heterocycles. The average Bonchev–Trinajstić information content (AvgIpc) is 3.18. The van der Waals surface area contributed by atoms with E-state index in [9.17, 15) is 9.50 Å². The molecule has 2 aromatic carbocycles. The molecule has 8 heteroatoms. The first-order valence-corrected chi connectivity index (χ1v) is 8.37. The third kappa shape index (κ3) is 2.75. The number of hydrogen-bond donors (Lipinski definition) is 2. The summed E-state index contributed by atoms with van der Waals surface area (Å²) < 4.78 is 26.2. The second kappa shape index (κ2) is 6.73. The summed E-state index contributed by atoms with van der Waals surface area (Å²) in [4.78, 5) is 8.73. The number of nitrogens with zero attached hydrogens (tertiary/aromatic N) is 3. The largest absolute Gasteiger partial charge is 0.502 e. The fraction of sp³-hybridized carbons (Fsp3) is 0.100. The monoisotopic (exact) mass is 380 g/mol. The second-order valence-electron chi connectivity index (χ2n) is 6.05. The summed E-state index contributed by atoms with van der Waals surface area (Å²) in [6.07, 6.45) is 3.33. The Balaban J connectivity index is 2.10. The van der Waals surface area contributed by atoms with E-state index in [1.165, 1.54) is 26.4 Å². The molecule has 142 valence electrons. The first-order valence-electron chi connectivity index (χ1n) is 8.37. The smallest absolute Gasteiger partial charge is 0.200 e. The Labute approximate surface area is 159 Å². The number of fused-ring (bicyclic) bond motifs is 1. The van der Waals surface area contributed by atoms with Crippen LogP contribution in [0.2, 0.25) is 0 Å². The van der Waals surface area contributed by atoms with Gasteiger partial charge in [-0.05, 0) is 24.3 Å². The van der Waals surface area contributed by atoms with Crippen LogP contribution >= 0.6 is 0 Å². The molecule has 0 unspecified atom stereocenters. The Morgan fingerprint density at radius 1 is 1.07 bits per heavy atom. The fourth-order valence-electron chi connectivity index (χ4n) is 3.15. The third-order valence-corrected chi connectivity index (χ3v) is 4.42. The molecule has 0 radical (unpaired) electrons. The van der Waals surface area contributed by atoms with Crippen LogP contribution in [0.25, 0.3) is 28.2 Å². The summed E-state index contributed by atoms with van der Waals surface area (Å²) in [5.74, 6) is 0.154. The number of aromatic nitrogens is 3. The molecule has 7 nitrogen and oxygen atoms in total. The molecule has 0 aliphatic heterocycles. The van der Waals surface area contributed by atoms with Crippen LogP contribution in [0.5, 0.6) is 17.2 Å². The molecule has 0 aliphatic rings. The number of methoxy groups -OCH3 is 2. The van der Waals surface area contributed by atoms with Crippen LogP contribution < -0.4 is 15.2 Å². The van der Waals surface area contributed by atoms with Crippen LogP contribution in [0.15, 0.2) is 48.8 Å². The maximum Gasteiger partial charge on any atom is 0.200 e. The van der Waals surface area contributed by atoms with Crippen LogP contribution in [0.3, 0.4) is 0 Å². The quantitative estimate of drug-likeness (QED) is 0.563. The van der Waals surface area contributed by atoms with E-state index in [-0.39, 0.29) is 23.1 Å². The highest BCUT2D eigenvalue weighted by atomic mass is 19.1. The molecule has 28 heavy (non-hydrogen) atoms. The number of nitrogens with two attached hydrogens (primary N) is 1. The van der Waals surface area contributed by atoms with Crippen molar-refractivity contribution in [1.29, 1.82) is 0 Å². The minimum atomic E-state index is -0.393. The molecule has 0 fully saturated rings. The number of rotatable bonds is 4. The summed E-state index contributed by atoms with van der Waals surface area (Å²) in [5.41, 5.74) is 8.77. The Bertz CT molecular complexity index is 1160. The van der Waals surface area contributed by atoms with Crippen LogP contribution in [-0.4, -0.2) is 33.7 Å². The minimum Gasteiger partial charge on any atom is -0.502 e. The Morgan fingerprint density at radius 2 is 1.79 bits per heavy atom. The molecule has 0 saturated carbocycles. The summed E-state index contributed by atoms with van der Waals surface area (Å²) >= 11 is 0. The predicted molar refractivity (Wildman–Crippen MR) is 103 cm³/mol. The first-order chi connectivity index (χ1) is 13.5. The number of phenolic OH excluding ortho intramolecular Hbond substituents is 1. The predicted octanol–water partition coefficient (Wildman–Crippen LogP) is 3.51. The van der Waals surface area contributed by atoms with Crippen molar-refractivity contribution in [3.63, 3.8) is 0 Å². The van der Waals surface area contributed by atoms with Gasteiger partial charge in [0.1, 0.15) is 5.82 Å². The highest BCUT2D eigenvalue weighted by Gasteiger charge is 2.20. The lowest BCUT2D eigenvalue weighted by atomic mass is 10.0. The molecule has 4 aromatic rings. The number of hydrogen-bond acceptors (Lipinski definition) is 6. The van der Waals surface area contributed by atoms with Crippen LogP contribution in [0, 0.1) is 5.82 Å². The fourth-order valence-corrected chi connectivity index (χ4v) is 3.15. The summed E-state index contributed by atoms with van der Waals surface area (Å²) in [6.45, 7) is 0. The molecule has 3 N–H and O–H groups in total. The number of aromatic hydroxyl groups is 1. The van der Waals surface area contributed by atoms with Gasteiger partial charge >= 0.3 is 0 Å². The Kier molecular flexibility index (Phi) is 4.23. The van der Waals surface area contributed by atoms with Gasteiger partial charge in [-0.2, -0.15) is 0 Å². The summed E-state index contributed by atoms with van der Waals surface area (Å²) in [5, 5.41) is 10.2. The topological polar surface area (TPSA) is 94.9 Å². The highest BCUT2D eigenvalue weighted by molar-refractivity contribution is 5.84. The molecule has 0 bridgehead atoms. The zero-order valence-electron chi connectivity index (χ0n) is 15.2. The van der Waals surface area contributed by atoms with Crippen molar-refractivity contribution in [3.8, 4) is 39.8 Å². The van der Waals surface area contributed by atoms with E-state index in [0.717, 1.165) is 0 Å². The minimum absolute atomic E-state index is 0.119. The molecule has 0 amide bonds. The van der Waals surface area contributed by atoms with Gasteiger partial charge in [-0.15, -0.1) is 0 Å². The van der Waals surface area contributed by atoms with E-state index in [1.807, 2.05) is 0 Å². The summed E-state index contributed by atoms with van der Waals surface area (Å²) in [6, 6.07) is 9.37. The lowest BCUT2D eigenvalue weighted by molar-refractivity contribution is 0.340. The van der Waals surface area contributed by atoms with Crippen LogP contribution in [0.4, 0.5) is 10.2 Å². The van der Waals surface area contributed by atoms with Gasteiger partial charge < -0.3 is 20.3 Å². The standard InChI is InChI=1S/C20H17FN4O3/c1-27-14-9-12(10-15(28-2)18(14)26)17-16(11-4-3-5-13(21)8-11)24-19(22)20-23-6-7-25(17)20/h3-10,26H,1-2H3,(H2,22,24). The second-order valence-corrected chi connectivity index (χ2v) is 6.05. The molecule has 2 heterocycles. The number of halogens is 1. The maximum atomic E-state index is 13.9. The average molecular weight is 380 g/mol. The van der Waals surface area contributed by atoms with Gasteiger partial charge in [0, 0.05) is 23.5 Å². The van der Waals surface area contributed by atoms with Gasteiger partial charge in [0.2, 0.25) is 5.75 Å². The van der Waals surface area contributed by atoms with Crippen LogP contribution in [0.1, 0.15) is 0 Å². The van der Waals surface area contributed by atoms with E-state index in [4.69, 9.17) is 15.2 Å². The SMILES string of the molecule is COc1cc(-c2c(-c3cccc(F)c3)nc(N)c3nccn23)cc(OC)c1O. The lowest BCUT2D eigenvalue weighted by Crippen LogP contribution is -2.04. The number of benzene rings is 2. The molecule has 4 rings (SSSR count). The van der Waals surface area contributed by atoms with Crippen LogP contribution in [-0.2, 0) is 0 Å². The van der Waals surface area contributed by atoms with Gasteiger partial charge in [-0.1, -0.05) is 12.1 Å². The first kappa shape index (κ1) is 17.6. The number of ether oxygens (including phenoxy) is 2. The third-order valence-electron chi connectivity index (χ3n) is 4.42. The Hall–Kier alpha value is -3.81. The lowest BCUT2D eigenvalue weighted by Gasteiger charge is -2.16. The Morgan fingerprint density at radius 3 is 2.43 bits per heavy atom. The zero-order valence-corrected chi connectivity index (χ0v) is 15.2. The number of imidazole rings is 1. The highest BCUT2D eigenvalue weighted by Crippen LogP contribution is 2.42. The van der Waals surface area contributed by atoms with E-state index in [1.54, 1.807) is 41.1 Å². The molecule has 0 spiro atoms. The van der Waals surface area contributed by atoms with Crippen molar-refractivity contribution in [2.75, 3.05) is 20.0 Å². The van der Waals surface area contributed by atoms with E-state index < -0.39 is 5.82 Å². The van der Waals surface area contributed by atoms with Gasteiger partial charge in [0.15, 0.2) is 23.0 Å². The summed E-state index contributed by atoms with van der Waals surface area (Å²) in [7, 11) is 2.89. The van der Waals surface area contributed by atoms with Crippen molar-refractivity contribution >= 4 is 11.5 Å². The van der Waals surface area contributed by atoms with Gasteiger partial charge in [-0.3, -0.25) is 4.40 Å². The molecular formula is C20H17FN4O3. The normalized spacial score (nSPS) is 11.0. The van der Waals surface area contributed by atoms with E-state index in [0.29, 0.717) is 28.2 Å². The molecular weight excluding hydrogens is 363 g/mol. The zero-order chi connectivity index (χ0) is 19.8. The number of anilines is 1. The van der Waals surface area contributed by atoms with Crippen molar-refractivity contribution < 1.29 is 19.0 Å². The molecule has 0 saturated heterocycles. The molecule has 0 atom stereocenters. The van der Waals surface area contributed by atoms with Gasteiger partial charge in [-0.25, -0.2) is 14.4 Å². The van der Waals surface area contributed by atoms with Crippen molar-refractivity contribution in [1.82, 2.24) is 14.4 Å². The van der Waals surface area contributed by atoms with Gasteiger partial charge in [0.25, 0.3) is 0 Å². The maximum absolute atomic E-state index is 13.9. The molecule has 0 aliphatic carbocycles. The van der Waals surface area contributed by atoms with E-state index >= 15 is 0 Å². The van der Waals surface area contributed by atoms with Crippen molar-refractivity contribution in [3.05, 3.63) is 54.6 Å². The van der Waals surface area contributed by atoms with Gasteiger partial charge in [0.05, 0.1) is 25.6 Å². The number of nitrogen functional groups attached to an aromatic ring is 1. The van der Waals surface area contributed by atoms with Crippen molar-refractivity contribution in [2.45, 2.75) is 0 Å².